The van der Waals surface area contributed by atoms with Crippen LogP contribution in [0.4, 0.5) is 0 Å². The van der Waals surface area contributed by atoms with Crippen molar-refractivity contribution in [3.05, 3.63) is 70.8 Å². The summed E-state index contributed by atoms with van der Waals surface area (Å²) in [6.45, 7) is 0.750. The predicted octanol–water partition coefficient (Wildman–Crippen LogP) is 3.55. The van der Waals surface area contributed by atoms with Crippen molar-refractivity contribution in [3.8, 4) is 11.5 Å². The van der Waals surface area contributed by atoms with Gasteiger partial charge >= 0.3 is 0 Å². The summed E-state index contributed by atoms with van der Waals surface area (Å²) in [6.07, 6.45) is 2.20. The molecule has 2 N–H and O–H groups in total. The van der Waals surface area contributed by atoms with Gasteiger partial charge in [0, 0.05) is 6.04 Å². The minimum atomic E-state index is -0.217. The van der Waals surface area contributed by atoms with E-state index in [0.29, 0.717) is 29.7 Å². The Kier molecular flexibility index (Phi) is 5.90. The quantitative estimate of drug-likeness (QED) is 0.527. The van der Waals surface area contributed by atoms with E-state index in [1.165, 1.54) is 0 Å². The number of amides is 1. The minimum absolute atomic E-state index is 0.0706. The van der Waals surface area contributed by atoms with Crippen molar-refractivity contribution in [1.82, 2.24) is 20.1 Å². The fourth-order valence-electron chi connectivity index (χ4n) is 2.92. The number of benzene rings is 2. The third kappa shape index (κ3) is 5.23. The lowest BCUT2D eigenvalue weighted by Gasteiger charge is -2.10. The minimum Gasteiger partial charge on any atom is -0.489 e. The average molecular weight is 410 g/mol. The molecule has 3 aromatic rings. The Morgan fingerprint density at radius 1 is 1.10 bits per heavy atom. The molecule has 8 heteroatoms. The predicted molar refractivity (Wildman–Crippen MR) is 110 cm³/mol. The Hall–Kier alpha value is -3.13. The van der Waals surface area contributed by atoms with E-state index < -0.39 is 0 Å². The Labute approximate surface area is 173 Å². The molecule has 1 heterocycles. The first-order chi connectivity index (χ1) is 14.2. The van der Waals surface area contributed by atoms with Crippen LogP contribution in [0.15, 0.2) is 54.6 Å². The number of hydrogen-bond donors (Lipinski definition) is 2. The Bertz CT molecular complexity index is 1010. The van der Waals surface area contributed by atoms with Crippen molar-refractivity contribution < 1.29 is 14.3 Å². The largest absolute Gasteiger partial charge is 0.489 e. The van der Waals surface area contributed by atoms with Crippen molar-refractivity contribution in [2.75, 3.05) is 6.61 Å². The summed E-state index contributed by atoms with van der Waals surface area (Å²) in [7, 11) is 0. The molecule has 0 unspecified atom stereocenters. The van der Waals surface area contributed by atoms with Gasteiger partial charge in [-0.15, -0.1) is 0 Å². The smallest absolute Gasteiger partial charge is 0.258 e. The summed E-state index contributed by atoms with van der Waals surface area (Å²) in [5.74, 6) is 1.87. The SMILES string of the molecule is O=C(COc1ccc(OCc2ccccc2)cc1)NCc1n[nH]c(=S)n1C1CC1. The lowest BCUT2D eigenvalue weighted by atomic mass is 10.2. The van der Waals surface area contributed by atoms with E-state index in [0.717, 1.165) is 30.0 Å². The van der Waals surface area contributed by atoms with Crippen molar-refractivity contribution in [3.63, 3.8) is 0 Å². The first-order valence-electron chi connectivity index (χ1n) is 9.51. The fraction of sp³-hybridized carbons (Fsp3) is 0.286. The zero-order valence-corrected chi connectivity index (χ0v) is 16.7. The van der Waals surface area contributed by atoms with Gasteiger partial charge in [-0.25, -0.2) is 0 Å². The molecule has 0 saturated heterocycles. The van der Waals surface area contributed by atoms with Gasteiger partial charge in [-0.2, -0.15) is 5.10 Å². The molecule has 150 valence electrons. The highest BCUT2D eigenvalue weighted by Crippen LogP contribution is 2.35. The molecule has 1 aliphatic carbocycles. The van der Waals surface area contributed by atoms with Crippen LogP contribution in [0.1, 0.15) is 30.3 Å². The summed E-state index contributed by atoms with van der Waals surface area (Å²) < 4.78 is 13.9. The van der Waals surface area contributed by atoms with Crippen molar-refractivity contribution >= 4 is 18.1 Å². The highest BCUT2D eigenvalue weighted by molar-refractivity contribution is 7.71. The Balaban J connectivity index is 1.21. The number of rotatable bonds is 9. The van der Waals surface area contributed by atoms with E-state index in [-0.39, 0.29) is 12.5 Å². The van der Waals surface area contributed by atoms with Gasteiger partial charge in [0.25, 0.3) is 5.91 Å². The molecule has 1 amide bonds. The normalized spacial score (nSPS) is 13.1. The molecule has 0 spiro atoms. The standard InChI is InChI=1S/C21H22N4O3S/c26-20(22-12-19-23-24-21(29)25(19)16-6-7-16)14-28-18-10-8-17(9-11-18)27-13-15-4-2-1-3-5-15/h1-5,8-11,16H,6-7,12-14H2,(H,22,26)(H,24,29). The van der Waals surface area contributed by atoms with E-state index in [4.69, 9.17) is 21.7 Å². The number of carbonyl (C=O) groups is 1. The van der Waals surface area contributed by atoms with Crippen LogP contribution in [0, 0.1) is 4.77 Å². The molecule has 0 bridgehead atoms. The highest BCUT2D eigenvalue weighted by Gasteiger charge is 2.27. The van der Waals surface area contributed by atoms with Crippen LogP contribution in [0.3, 0.4) is 0 Å². The van der Waals surface area contributed by atoms with E-state index in [2.05, 4.69) is 15.5 Å². The number of aromatic nitrogens is 3. The van der Waals surface area contributed by atoms with Crippen LogP contribution in [0.2, 0.25) is 0 Å². The summed E-state index contributed by atoms with van der Waals surface area (Å²) in [5.41, 5.74) is 1.10. The lowest BCUT2D eigenvalue weighted by Crippen LogP contribution is -2.29. The van der Waals surface area contributed by atoms with Crippen molar-refractivity contribution in [1.29, 1.82) is 0 Å². The second-order valence-electron chi connectivity index (χ2n) is 6.86. The number of aromatic amines is 1. The van der Waals surface area contributed by atoms with Crippen molar-refractivity contribution in [2.24, 2.45) is 0 Å². The van der Waals surface area contributed by atoms with Gasteiger partial charge in [-0.3, -0.25) is 14.5 Å². The summed E-state index contributed by atoms with van der Waals surface area (Å²) in [5, 5.41) is 9.80. The molecule has 2 aromatic carbocycles. The third-order valence-electron chi connectivity index (χ3n) is 4.58. The molecule has 0 aliphatic heterocycles. The molecular formula is C21H22N4O3S. The summed E-state index contributed by atoms with van der Waals surface area (Å²) in [4.78, 5) is 12.1. The third-order valence-corrected chi connectivity index (χ3v) is 4.86. The van der Waals surface area contributed by atoms with E-state index in [1.807, 2.05) is 47.0 Å². The molecule has 0 radical (unpaired) electrons. The average Bonchev–Trinajstić information content (AvgIpc) is 3.52. The number of ether oxygens (including phenoxy) is 2. The molecule has 1 aromatic heterocycles. The second kappa shape index (κ2) is 8.91. The Morgan fingerprint density at radius 2 is 1.79 bits per heavy atom. The maximum atomic E-state index is 12.1. The maximum absolute atomic E-state index is 12.1. The van der Waals surface area contributed by atoms with Crippen molar-refractivity contribution in [2.45, 2.75) is 32.0 Å². The zero-order chi connectivity index (χ0) is 20.1. The van der Waals surface area contributed by atoms with E-state index in [9.17, 15) is 4.79 Å². The number of hydrogen-bond acceptors (Lipinski definition) is 5. The van der Waals surface area contributed by atoms with E-state index in [1.54, 1.807) is 12.1 Å². The second-order valence-corrected chi connectivity index (χ2v) is 7.24. The van der Waals surface area contributed by atoms with Gasteiger partial charge in [0.05, 0.1) is 6.54 Å². The van der Waals surface area contributed by atoms with Gasteiger partial charge in [-0.05, 0) is 54.9 Å². The number of nitrogens with zero attached hydrogens (tertiary/aromatic N) is 2. The summed E-state index contributed by atoms with van der Waals surface area (Å²) in [6, 6.07) is 17.6. The first kappa shape index (κ1) is 19.2. The molecule has 0 atom stereocenters. The number of nitrogens with one attached hydrogen (secondary N) is 2. The van der Waals surface area contributed by atoms with Gasteiger partial charge in [0.15, 0.2) is 17.2 Å². The summed E-state index contributed by atoms with van der Waals surface area (Å²) >= 11 is 5.24. The van der Waals surface area contributed by atoms with Crippen LogP contribution in [0.25, 0.3) is 0 Å². The van der Waals surface area contributed by atoms with Crippen LogP contribution < -0.4 is 14.8 Å². The molecule has 1 fully saturated rings. The van der Waals surface area contributed by atoms with Crippen LogP contribution in [0.5, 0.6) is 11.5 Å². The van der Waals surface area contributed by atoms with Gasteiger partial charge in [0.1, 0.15) is 18.1 Å². The first-order valence-corrected chi connectivity index (χ1v) is 9.92. The van der Waals surface area contributed by atoms with Crippen LogP contribution in [-0.4, -0.2) is 27.3 Å². The topological polar surface area (TPSA) is 81.2 Å². The van der Waals surface area contributed by atoms with Gasteiger partial charge < -0.3 is 14.8 Å². The zero-order valence-electron chi connectivity index (χ0n) is 15.8. The highest BCUT2D eigenvalue weighted by atomic mass is 32.1. The molecular weight excluding hydrogens is 388 g/mol. The van der Waals surface area contributed by atoms with Gasteiger partial charge in [0.2, 0.25) is 0 Å². The lowest BCUT2D eigenvalue weighted by molar-refractivity contribution is -0.123. The number of H-pyrrole nitrogens is 1. The maximum Gasteiger partial charge on any atom is 0.258 e. The number of carbonyl (C=O) groups excluding carboxylic acids is 1. The van der Waals surface area contributed by atoms with E-state index >= 15 is 0 Å². The molecule has 1 aliphatic rings. The molecule has 4 rings (SSSR count). The fourth-order valence-corrected chi connectivity index (χ4v) is 3.22. The van der Waals surface area contributed by atoms with Crippen LogP contribution in [-0.2, 0) is 17.9 Å². The Morgan fingerprint density at radius 3 is 2.48 bits per heavy atom. The monoisotopic (exact) mass is 410 g/mol. The molecule has 29 heavy (non-hydrogen) atoms. The van der Waals surface area contributed by atoms with Gasteiger partial charge in [-0.1, -0.05) is 30.3 Å². The van der Waals surface area contributed by atoms with Crippen LogP contribution >= 0.6 is 12.2 Å². The molecule has 7 nitrogen and oxygen atoms in total. The molecule has 1 saturated carbocycles.